The first-order valence-corrected chi connectivity index (χ1v) is 9.40. The van der Waals surface area contributed by atoms with Crippen molar-refractivity contribution in [2.75, 3.05) is 30.1 Å². The summed E-state index contributed by atoms with van der Waals surface area (Å²) in [5.41, 5.74) is 1.92. The van der Waals surface area contributed by atoms with Gasteiger partial charge in [-0.05, 0) is 19.3 Å². The summed E-state index contributed by atoms with van der Waals surface area (Å²) in [5.74, 6) is -0.134. The van der Waals surface area contributed by atoms with Crippen LogP contribution in [0.5, 0.6) is 5.75 Å². The molecule has 2 saturated heterocycles. The smallest absolute Gasteiger partial charge is 0.415 e. The van der Waals surface area contributed by atoms with Crippen LogP contribution in [0.25, 0.3) is 0 Å². The van der Waals surface area contributed by atoms with Gasteiger partial charge in [0.1, 0.15) is 18.4 Å². The van der Waals surface area contributed by atoms with Crippen molar-refractivity contribution in [2.45, 2.75) is 50.3 Å². The number of benzene rings is 1. The lowest BCUT2D eigenvalue weighted by Crippen LogP contribution is -2.39. The van der Waals surface area contributed by atoms with E-state index in [2.05, 4.69) is 9.64 Å². The van der Waals surface area contributed by atoms with Crippen molar-refractivity contribution in [3.05, 3.63) is 17.4 Å². The van der Waals surface area contributed by atoms with Crippen molar-refractivity contribution in [2.24, 2.45) is 0 Å². The van der Waals surface area contributed by atoms with Crippen LogP contribution in [0.1, 0.15) is 31.2 Å². The van der Waals surface area contributed by atoms with Crippen molar-refractivity contribution in [3.63, 3.8) is 0 Å². The van der Waals surface area contributed by atoms with E-state index in [0.717, 1.165) is 24.9 Å². The largest absolute Gasteiger partial charge is 0.489 e. The summed E-state index contributed by atoms with van der Waals surface area (Å²) in [7, 11) is 1.33. The molecule has 144 valence electrons. The van der Waals surface area contributed by atoms with Gasteiger partial charge in [-0.2, -0.15) is 0 Å². The van der Waals surface area contributed by atoms with Crippen LogP contribution in [0.3, 0.4) is 0 Å². The Labute approximate surface area is 156 Å². The number of hydrogen-bond acceptors (Lipinski definition) is 6. The van der Waals surface area contributed by atoms with Crippen LogP contribution >= 0.6 is 0 Å². The topological polar surface area (TPSA) is 68.3 Å². The van der Waals surface area contributed by atoms with Gasteiger partial charge in [0, 0.05) is 31.0 Å². The highest BCUT2D eigenvalue weighted by Crippen LogP contribution is 2.51. The number of carbonyl (C=O) groups excluding carboxylic acids is 2. The first-order chi connectivity index (χ1) is 13.1. The van der Waals surface area contributed by atoms with Crippen LogP contribution in [0.15, 0.2) is 6.07 Å². The Balaban J connectivity index is 1.48. The van der Waals surface area contributed by atoms with Crippen LogP contribution in [-0.2, 0) is 20.7 Å². The third kappa shape index (κ3) is 2.38. The van der Waals surface area contributed by atoms with Gasteiger partial charge < -0.3 is 19.1 Å². The van der Waals surface area contributed by atoms with E-state index in [9.17, 15) is 14.0 Å². The number of halogens is 1. The molecule has 0 aromatic heterocycles. The first kappa shape index (κ1) is 16.6. The number of ether oxygens (including phenoxy) is 3. The molecule has 1 unspecified atom stereocenters. The number of hydrogen-bond donors (Lipinski definition) is 0. The number of fused-ring (bicyclic) bond motifs is 7. The number of rotatable bonds is 3. The highest BCUT2D eigenvalue weighted by atomic mass is 19.1. The summed E-state index contributed by atoms with van der Waals surface area (Å²) < 4.78 is 31.1. The van der Waals surface area contributed by atoms with E-state index >= 15 is 0 Å². The summed E-state index contributed by atoms with van der Waals surface area (Å²) in [6, 6.07) is 1.41. The second-order valence-corrected chi connectivity index (χ2v) is 7.51. The molecule has 8 heteroatoms. The van der Waals surface area contributed by atoms with E-state index in [4.69, 9.17) is 9.47 Å². The van der Waals surface area contributed by atoms with Gasteiger partial charge in [-0.3, -0.25) is 9.69 Å². The highest BCUT2D eigenvalue weighted by molar-refractivity contribution is 5.95. The number of methoxy groups -OCH3 is 1. The van der Waals surface area contributed by atoms with Gasteiger partial charge in [-0.15, -0.1) is 0 Å². The van der Waals surface area contributed by atoms with Gasteiger partial charge in [0.15, 0.2) is 11.6 Å². The first-order valence-electron chi connectivity index (χ1n) is 9.40. The molecule has 27 heavy (non-hydrogen) atoms. The molecule has 7 nitrogen and oxygen atoms in total. The summed E-state index contributed by atoms with van der Waals surface area (Å²) >= 11 is 0. The van der Waals surface area contributed by atoms with Gasteiger partial charge in [0.05, 0.1) is 24.9 Å². The minimum absolute atomic E-state index is 0.174. The Hall–Kier alpha value is -2.51. The van der Waals surface area contributed by atoms with Crippen LogP contribution in [0.4, 0.5) is 20.6 Å². The molecule has 0 radical (unpaired) electrons. The summed E-state index contributed by atoms with van der Waals surface area (Å²) in [5, 5.41) is 0. The average molecular weight is 376 g/mol. The van der Waals surface area contributed by atoms with Crippen LogP contribution < -0.4 is 14.5 Å². The van der Waals surface area contributed by atoms with Crippen molar-refractivity contribution in [3.8, 4) is 5.75 Å². The lowest BCUT2D eigenvalue weighted by atomic mass is 10.00. The van der Waals surface area contributed by atoms with Gasteiger partial charge in [0.25, 0.3) is 0 Å². The van der Waals surface area contributed by atoms with Gasteiger partial charge in [0.2, 0.25) is 0 Å². The number of amides is 1. The van der Waals surface area contributed by atoms with Crippen LogP contribution in [0, 0.1) is 5.82 Å². The Bertz CT molecular complexity index is 829. The lowest BCUT2D eigenvalue weighted by Gasteiger charge is -2.35. The number of nitrogens with zero attached hydrogens (tertiary/aromatic N) is 2. The van der Waals surface area contributed by atoms with E-state index in [0.29, 0.717) is 36.6 Å². The minimum Gasteiger partial charge on any atom is -0.489 e. The molecular formula is C19H21FN2O5. The molecule has 4 aliphatic rings. The van der Waals surface area contributed by atoms with Crippen molar-refractivity contribution < 1.29 is 28.2 Å². The molecule has 0 bridgehead atoms. The van der Waals surface area contributed by atoms with Crippen molar-refractivity contribution >= 4 is 23.4 Å². The normalized spacial score (nSPS) is 27.5. The molecule has 0 spiro atoms. The molecule has 1 aromatic rings. The van der Waals surface area contributed by atoms with E-state index in [1.807, 2.05) is 0 Å². The van der Waals surface area contributed by atoms with E-state index in [1.54, 1.807) is 0 Å². The average Bonchev–Trinajstić information content (AvgIpc) is 3.35. The molecule has 0 aliphatic carbocycles. The molecule has 3 atom stereocenters. The predicted molar refractivity (Wildman–Crippen MR) is 93.8 cm³/mol. The standard InChI is InChI=1S/C19H21FN2O5/c1-25-16(23)5-4-15-14-7-11-13(22(14)19(24)27-15)8-12(20)17-18(11)26-9-10-3-2-6-21(10)17/h8,10,14-15H,2-7,9H2,1H3/t10?,14-,15-/m0/s1. The third-order valence-electron chi connectivity index (χ3n) is 6.12. The summed E-state index contributed by atoms with van der Waals surface area (Å²) in [6.45, 7) is 1.37. The van der Waals surface area contributed by atoms with E-state index in [1.165, 1.54) is 18.1 Å². The van der Waals surface area contributed by atoms with Gasteiger partial charge in [-0.25, -0.2) is 9.18 Å². The zero-order chi connectivity index (χ0) is 18.7. The Morgan fingerprint density at radius 1 is 1.44 bits per heavy atom. The Morgan fingerprint density at radius 3 is 3.11 bits per heavy atom. The number of anilines is 2. The lowest BCUT2D eigenvalue weighted by molar-refractivity contribution is -0.141. The fourth-order valence-electron chi connectivity index (χ4n) is 4.85. The fraction of sp³-hybridized carbons (Fsp3) is 0.579. The number of carbonyl (C=O) groups is 2. The molecule has 4 heterocycles. The van der Waals surface area contributed by atoms with Gasteiger partial charge >= 0.3 is 12.1 Å². The Morgan fingerprint density at radius 2 is 2.30 bits per heavy atom. The van der Waals surface area contributed by atoms with Gasteiger partial charge in [-0.1, -0.05) is 0 Å². The molecule has 1 amide bonds. The maximum absolute atomic E-state index is 15.0. The second kappa shape index (κ2) is 6.00. The summed E-state index contributed by atoms with van der Waals surface area (Å²) in [4.78, 5) is 27.5. The zero-order valence-electron chi connectivity index (χ0n) is 15.1. The highest BCUT2D eigenvalue weighted by Gasteiger charge is 2.50. The van der Waals surface area contributed by atoms with Crippen molar-refractivity contribution in [1.82, 2.24) is 0 Å². The zero-order valence-corrected chi connectivity index (χ0v) is 15.1. The summed E-state index contributed by atoms with van der Waals surface area (Å²) in [6.07, 6.45) is 2.20. The van der Waals surface area contributed by atoms with Crippen molar-refractivity contribution in [1.29, 1.82) is 0 Å². The SMILES string of the molecule is COC(=O)CC[C@@H]1OC(=O)N2c3cc(F)c4c(c3C[C@@H]12)OCC1CCCN41. The van der Waals surface area contributed by atoms with E-state index in [-0.39, 0.29) is 30.3 Å². The maximum Gasteiger partial charge on any atom is 0.415 e. The monoisotopic (exact) mass is 376 g/mol. The predicted octanol–water partition coefficient (Wildman–Crippen LogP) is 2.39. The minimum atomic E-state index is -0.497. The van der Waals surface area contributed by atoms with Crippen LogP contribution in [0.2, 0.25) is 0 Å². The molecular weight excluding hydrogens is 355 g/mol. The van der Waals surface area contributed by atoms with Crippen LogP contribution in [-0.4, -0.2) is 50.5 Å². The van der Waals surface area contributed by atoms with E-state index < -0.39 is 12.2 Å². The quantitative estimate of drug-likeness (QED) is 0.755. The Kier molecular flexibility index (Phi) is 3.70. The molecule has 2 fully saturated rings. The second-order valence-electron chi connectivity index (χ2n) is 7.51. The fourth-order valence-corrected chi connectivity index (χ4v) is 4.85. The maximum atomic E-state index is 15.0. The molecule has 5 rings (SSSR count). The number of cyclic esters (lactones) is 1. The third-order valence-corrected chi connectivity index (χ3v) is 6.12. The molecule has 4 aliphatic heterocycles. The molecule has 0 N–H and O–H groups in total. The number of esters is 1. The molecule has 1 aromatic carbocycles. The molecule has 0 saturated carbocycles.